The van der Waals surface area contributed by atoms with Crippen LogP contribution in [0.2, 0.25) is 0 Å². The smallest absolute Gasteiger partial charge is 0.0603 e. The van der Waals surface area contributed by atoms with Gasteiger partial charge in [0.05, 0.1) is 5.69 Å². The highest BCUT2D eigenvalue weighted by Gasteiger charge is 2.06. The number of fused-ring (bicyclic) bond motifs is 1. The molecule has 0 saturated heterocycles. The Kier molecular flexibility index (Phi) is 1.40. The summed E-state index contributed by atoms with van der Waals surface area (Å²) >= 11 is 0. The molecule has 56 valence electrons. The highest BCUT2D eigenvalue weighted by molar-refractivity contribution is 5.57. The monoisotopic (exact) mass is 146 g/mol. The normalized spacial score (nSPS) is 14.8. The number of hydrogen-bond donors (Lipinski definition) is 1. The molecule has 0 aromatic heterocycles. The number of rotatable bonds is 0. The highest BCUT2D eigenvalue weighted by atomic mass is 15.4. The van der Waals surface area contributed by atoms with E-state index < -0.39 is 0 Å². The van der Waals surface area contributed by atoms with Gasteiger partial charge in [0, 0.05) is 6.20 Å². The summed E-state index contributed by atoms with van der Waals surface area (Å²) in [5.41, 5.74) is 2.40. The Labute approximate surface area is 65.9 Å². The number of hydrazine groups is 1. The van der Waals surface area contributed by atoms with Crippen LogP contribution < -0.4 is 10.9 Å². The van der Waals surface area contributed by atoms with E-state index in [1.165, 1.54) is 5.56 Å². The third-order valence-corrected chi connectivity index (χ3v) is 1.87. The molecule has 0 fully saturated rings. The van der Waals surface area contributed by atoms with Gasteiger partial charge in [0.1, 0.15) is 0 Å². The first kappa shape index (κ1) is 6.43. The van der Waals surface area contributed by atoms with E-state index in [1.54, 1.807) is 5.01 Å². The van der Waals surface area contributed by atoms with Gasteiger partial charge in [-0.25, -0.2) is 5.84 Å². The topological polar surface area (TPSA) is 29.3 Å². The molecule has 11 heavy (non-hydrogen) atoms. The summed E-state index contributed by atoms with van der Waals surface area (Å²) in [6.45, 7) is 0. The molecule has 1 heterocycles. The van der Waals surface area contributed by atoms with Gasteiger partial charge in [-0.15, -0.1) is 0 Å². The maximum Gasteiger partial charge on any atom is 0.0603 e. The molecule has 0 radical (unpaired) electrons. The van der Waals surface area contributed by atoms with Gasteiger partial charge in [-0.2, -0.15) is 0 Å². The molecule has 1 aliphatic heterocycles. The van der Waals surface area contributed by atoms with E-state index in [2.05, 4.69) is 12.1 Å². The van der Waals surface area contributed by atoms with Crippen molar-refractivity contribution in [2.45, 2.75) is 6.42 Å². The molecular weight excluding hydrogens is 136 g/mol. The Morgan fingerprint density at radius 1 is 1.27 bits per heavy atom. The van der Waals surface area contributed by atoms with Crippen LogP contribution in [0.1, 0.15) is 5.56 Å². The van der Waals surface area contributed by atoms with E-state index in [-0.39, 0.29) is 0 Å². The number of nitrogens with zero attached hydrogens (tertiary/aromatic N) is 1. The zero-order valence-electron chi connectivity index (χ0n) is 6.20. The molecule has 0 aliphatic carbocycles. The number of nitrogens with two attached hydrogens (primary N) is 1. The number of para-hydroxylation sites is 1. The van der Waals surface area contributed by atoms with Crippen LogP contribution in [-0.4, -0.2) is 0 Å². The molecule has 0 unspecified atom stereocenters. The zero-order chi connectivity index (χ0) is 7.68. The van der Waals surface area contributed by atoms with Crippen molar-refractivity contribution in [1.82, 2.24) is 0 Å². The van der Waals surface area contributed by atoms with Crippen LogP contribution in [-0.2, 0) is 6.42 Å². The van der Waals surface area contributed by atoms with Gasteiger partial charge in [-0.1, -0.05) is 24.3 Å². The van der Waals surface area contributed by atoms with E-state index in [4.69, 9.17) is 5.84 Å². The first-order valence-electron chi connectivity index (χ1n) is 3.66. The molecule has 0 spiro atoms. The van der Waals surface area contributed by atoms with E-state index in [1.807, 2.05) is 24.4 Å². The maximum absolute atomic E-state index is 5.69. The maximum atomic E-state index is 5.69. The van der Waals surface area contributed by atoms with Crippen molar-refractivity contribution in [2.24, 2.45) is 5.84 Å². The number of allylic oxidation sites excluding steroid dienone is 1. The summed E-state index contributed by atoms with van der Waals surface area (Å²) in [4.78, 5) is 0. The van der Waals surface area contributed by atoms with Crippen molar-refractivity contribution in [3.63, 3.8) is 0 Å². The summed E-state index contributed by atoms with van der Waals surface area (Å²) in [7, 11) is 0. The van der Waals surface area contributed by atoms with Gasteiger partial charge < -0.3 is 0 Å². The minimum atomic E-state index is 0.990. The molecule has 2 N–H and O–H groups in total. The van der Waals surface area contributed by atoms with Crippen LogP contribution in [0.15, 0.2) is 36.5 Å². The summed E-state index contributed by atoms with van der Waals surface area (Å²) in [5, 5.41) is 1.65. The average molecular weight is 146 g/mol. The van der Waals surface area contributed by atoms with Gasteiger partial charge >= 0.3 is 0 Å². The van der Waals surface area contributed by atoms with E-state index in [9.17, 15) is 0 Å². The average Bonchev–Trinajstić information content (AvgIpc) is 2.06. The fourth-order valence-electron chi connectivity index (χ4n) is 1.31. The third-order valence-electron chi connectivity index (χ3n) is 1.87. The molecule has 1 aromatic carbocycles. The standard InChI is InChI=1S/C9H10N2/c10-11-7-3-5-8-4-1-2-6-9(8)11/h1-4,6-7H,5,10H2. The van der Waals surface area contributed by atoms with Crippen molar-refractivity contribution in [2.75, 3.05) is 5.01 Å². The third kappa shape index (κ3) is 1.01. The minimum absolute atomic E-state index is 0.990. The van der Waals surface area contributed by atoms with E-state index >= 15 is 0 Å². The summed E-state index contributed by atoms with van der Waals surface area (Å²) < 4.78 is 0. The van der Waals surface area contributed by atoms with Crippen molar-refractivity contribution >= 4 is 5.69 Å². The lowest BCUT2D eigenvalue weighted by Gasteiger charge is -2.20. The summed E-state index contributed by atoms with van der Waals surface area (Å²) in [6, 6.07) is 8.15. The van der Waals surface area contributed by atoms with Crippen LogP contribution in [0.3, 0.4) is 0 Å². The van der Waals surface area contributed by atoms with Crippen LogP contribution >= 0.6 is 0 Å². The largest absolute Gasteiger partial charge is 0.287 e. The van der Waals surface area contributed by atoms with Crippen LogP contribution in [0, 0.1) is 0 Å². The van der Waals surface area contributed by atoms with Gasteiger partial charge in [-0.05, 0) is 18.1 Å². The lowest BCUT2D eigenvalue weighted by molar-refractivity contribution is 1.01. The van der Waals surface area contributed by atoms with Crippen LogP contribution in [0.25, 0.3) is 0 Å². The zero-order valence-corrected chi connectivity index (χ0v) is 6.20. The molecule has 0 amide bonds. The minimum Gasteiger partial charge on any atom is -0.287 e. The SMILES string of the molecule is NN1C=CCc2ccccc21. The second kappa shape index (κ2) is 2.40. The second-order valence-corrected chi connectivity index (χ2v) is 2.62. The molecule has 2 heteroatoms. The Morgan fingerprint density at radius 2 is 2.09 bits per heavy atom. The number of benzene rings is 1. The predicted octanol–water partition coefficient (Wildman–Crippen LogP) is 1.44. The first-order chi connectivity index (χ1) is 5.38. The van der Waals surface area contributed by atoms with Crippen LogP contribution in [0.4, 0.5) is 5.69 Å². The van der Waals surface area contributed by atoms with Crippen molar-refractivity contribution in [3.05, 3.63) is 42.1 Å². The van der Waals surface area contributed by atoms with Crippen LogP contribution in [0.5, 0.6) is 0 Å². The Hall–Kier alpha value is -1.28. The number of anilines is 1. The summed E-state index contributed by atoms with van der Waals surface area (Å²) in [5.74, 6) is 5.69. The van der Waals surface area contributed by atoms with Gasteiger partial charge in [0.25, 0.3) is 0 Å². The Bertz CT molecular complexity index is 291. The molecule has 2 nitrogen and oxygen atoms in total. The highest BCUT2D eigenvalue weighted by Crippen LogP contribution is 2.22. The van der Waals surface area contributed by atoms with Crippen molar-refractivity contribution in [3.8, 4) is 0 Å². The van der Waals surface area contributed by atoms with Gasteiger partial charge in [0.15, 0.2) is 0 Å². The van der Waals surface area contributed by atoms with E-state index in [0.29, 0.717) is 0 Å². The Balaban J connectivity index is 2.50. The quantitative estimate of drug-likeness (QED) is 0.561. The lowest BCUT2D eigenvalue weighted by Crippen LogP contribution is -2.27. The Morgan fingerprint density at radius 3 is 2.91 bits per heavy atom. The van der Waals surface area contributed by atoms with Gasteiger partial charge in [-0.3, -0.25) is 5.01 Å². The molecular formula is C9H10N2. The number of hydrogen-bond acceptors (Lipinski definition) is 2. The predicted molar refractivity (Wildman–Crippen MR) is 46.0 cm³/mol. The first-order valence-corrected chi connectivity index (χ1v) is 3.66. The van der Waals surface area contributed by atoms with Crippen molar-refractivity contribution < 1.29 is 0 Å². The fraction of sp³-hybridized carbons (Fsp3) is 0.111. The fourth-order valence-corrected chi connectivity index (χ4v) is 1.31. The van der Waals surface area contributed by atoms with Crippen molar-refractivity contribution in [1.29, 1.82) is 0 Å². The molecule has 1 aliphatic rings. The molecule has 0 bridgehead atoms. The lowest BCUT2D eigenvalue weighted by atomic mass is 10.1. The second-order valence-electron chi connectivity index (χ2n) is 2.62. The molecule has 1 aromatic rings. The molecule has 0 atom stereocenters. The molecule has 0 saturated carbocycles. The van der Waals surface area contributed by atoms with E-state index in [0.717, 1.165) is 12.1 Å². The van der Waals surface area contributed by atoms with Gasteiger partial charge in [0.2, 0.25) is 0 Å². The molecule has 2 rings (SSSR count). The summed E-state index contributed by atoms with van der Waals surface area (Å²) in [6.07, 6.45) is 4.94.